The molecule has 102 valence electrons. The number of halogens is 1. The molecule has 3 heteroatoms. The highest BCUT2D eigenvalue weighted by molar-refractivity contribution is 6.18. The molecule has 20 heavy (non-hydrogen) atoms. The summed E-state index contributed by atoms with van der Waals surface area (Å²) in [6.45, 7) is 1.95. The maximum Gasteiger partial charge on any atom is 0.339 e. The molecule has 2 nitrogen and oxygen atoms in total. The van der Waals surface area contributed by atoms with Crippen LogP contribution in [0.3, 0.4) is 0 Å². The van der Waals surface area contributed by atoms with Crippen LogP contribution in [0.5, 0.6) is 0 Å². The molecule has 1 unspecified atom stereocenters. The molecule has 3 rings (SSSR count). The second kappa shape index (κ2) is 4.95. The lowest BCUT2D eigenvalue weighted by Crippen LogP contribution is -2.25. The third kappa shape index (κ3) is 1.92. The van der Waals surface area contributed by atoms with Gasteiger partial charge in [-0.3, -0.25) is 0 Å². The molecule has 0 saturated carbocycles. The van der Waals surface area contributed by atoms with Crippen molar-refractivity contribution in [3.63, 3.8) is 0 Å². The van der Waals surface area contributed by atoms with E-state index in [1.54, 1.807) is 0 Å². The normalized spacial score (nSPS) is 20.6. The summed E-state index contributed by atoms with van der Waals surface area (Å²) in [5.41, 5.74) is 2.98. The Morgan fingerprint density at radius 2 is 1.70 bits per heavy atom. The van der Waals surface area contributed by atoms with Crippen molar-refractivity contribution >= 4 is 17.6 Å². The number of cyclic esters (lactones) is 1. The first-order valence-corrected chi connectivity index (χ1v) is 7.17. The first kappa shape index (κ1) is 13.2. The minimum atomic E-state index is -0.726. The molecule has 2 aromatic rings. The van der Waals surface area contributed by atoms with Crippen LogP contribution >= 0.6 is 11.6 Å². The van der Waals surface area contributed by atoms with Crippen LogP contribution in [0.25, 0.3) is 0 Å². The second-order valence-corrected chi connectivity index (χ2v) is 5.44. The molecule has 1 aliphatic rings. The van der Waals surface area contributed by atoms with Gasteiger partial charge in [0.05, 0.1) is 5.56 Å². The number of esters is 1. The SMILES string of the molecule is CC1(c2ccccc2CCCl)OC(=O)c2ccccc21. The molecule has 0 aromatic heterocycles. The highest BCUT2D eigenvalue weighted by atomic mass is 35.5. The molecule has 0 bridgehead atoms. The van der Waals surface area contributed by atoms with Crippen LogP contribution in [0.15, 0.2) is 48.5 Å². The molecular weight excluding hydrogens is 272 g/mol. The molecule has 1 aliphatic heterocycles. The Hall–Kier alpha value is -1.80. The number of hydrogen-bond donors (Lipinski definition) is 0. The Morgan fingerprint density at radius 3 is 2.45 bits per heavy atom. The van der Waals surface area contributed by atoms with Crippen molar-refractivity contribution in [3.05, 3.63) is 70.8 Å². The minimum Gasteiger partial charge on any atom is -0.446 e. The van der Waals surface area contributed by atoms with Crippen LogP contribution < -0.4 is 0 Å². The van der Waals surface area contributed by atoms with Crippen molar-refractivity contribution in [1.29, 1.82) is 0 Å². The predicted octanol–water partition coefficient (Wildman–Crippen LogP) is 3.90. The van der Waals surface area contributed by atoms with Gasteiger partial charge in [0.15, 0.2) is 5.60 Å². The molecular formula is C17H15ClO2. The van der Waals surface area contributed by atoms with Gasteiger partial charge in [-0.25, -0.2) is 4.79 Å². The van der Waals surface area contributed by atoms with Gasteiger partial charge in [-0.15, -0.1) is 11.6 Å². The minimum absolute atomic E-state index is 0.260. The molecule has 0 aliphatic carbocycles. The van der Waals surface area contributed by atoms with Gasteiger partial charge < -0.3 is 4.74 Å². The molecule has 1 heterocycles. The maximum absolute atomic E-state index is 12.1. The Morgan fingerprint density at radius 1 is 1.05 bits per heavy atom. The second-order valence-electron chi connectivity index (χ2n) is 5.06. The fraction of sp³-hybridized carbons (Fsp3) is 0.235. The first-order valence-electron chi connectivity index (χ1n) is 6.64. The summed E-state index contributed by atoms with van der Waals surface area (Å²) in [4.78, 5) is 12.1. The highest BCUT2D eigenvalue weighted by Crippen LogP contribution is 2.42. The standard InChI is InChI=1S/C17H15ClO2/c1-17(14-8-4-2-6-12(14)10-11-18)15-9-5-3-7-13(15)16(19)20-17/h2-9H,10-11H2,1H3. The molecule has 0 amide bonds. The molecule has 0 radical (unpaired) electrons. The Bertz CT molecular complexity index is 666. The largest absolute Gasteiger partial charge is 0.446 e. The number of fused-ring (bicyclic) bond motifs is 1. The Kier molecular flexibility index (Phi) is 3.27. The number of hydrogen-bond acceptors (Lipinski definition) is 2. The highest BCUT2D eigenvalue weighted by Gasteiger charge is 2.43. The number of ether oxygens (including phenoxy) is 1. The molecule has 0 fully saturated rings. The third-order valence-corrected chi connectivity index (χ3v) is 4.04. The molecule has 2 aromatic carbocycles. The lowest BCUT2D eigenvalue weighted by Gasteiger charge is -2.27. The summed E-state index contributed by atoms with van der Waals surface area (Å²) in [5.74, 6) is 0.284. The van der Waals surface area contributed by atoms with E-state index in [4.69, 9.17) is 16.3 Å². The van der Waals surface area contributed by atoms with Gasteiger partial charge >= 0.3 is 5.97 Å². The topological polar surface area (TPSA) is 26.3 Å². The molecule has 0 spiro atoms. The number of carbonyl (C=O) groups is 1. The van der Waals surface area contributed by atoms with Crippen molar-refractivity contribution < 1.29 is 9.53 Å². The van der Waals surface area contributed by atoms with Crippen LogP contribution in [0, 0.1) is 0 Å². The number of rotatable bonds is 3. The van der Waals surface area contributed by atoms with Crippen molar-refractivity contribution in [1.82, 2.24) is 0 Å². The number of aryl methyl sites for hydroxylation is 1. The van der Waals surface area contributed by atoms with Crippen molar-refractivity contribution in [2.24, 2.45) is 0 Å². The van der Waals surface area contributed by atoms with Crippen molar-refractivity contribution in [2.75, 3.05) is 5.88 Å². The van der Waals surface area contributed by atoms with E-state index in [9.17, 15) is 4.79 Å². The van der Waals surface area contributed by atoms with Gasteiger partial charge in [-0.1, -0.05) is 42.5 Å². The average molecular weight is 287 g/mol. The van der Waals surface area contributed by atoms with E-state index in [1.807, 2.05) is 55.5 Å². The van der Waals surface area contributed by atoms with Crippen LogP contribution in [-0.2, 0) is 16.8 Å². The van der Waals surface area contributed by atoms with Crippen molar-refractivity contribution in [2.45, 2.75) is 18.9 Å². The van der Waals surface area contributed by atoms with Gasteiger partial charge in [0.25, 0.3) is 0 Å². The number of benzene rings is 2. The fourth-order valence-electron chi connectivity index (χ4n) is 2.88. The lowest BCUT2D eigenvalue weighted by atomic mass is 9.84. The van der Waals surface area contributed by atoms with E-state index in [0.29, 0.717) is 11.4 Å². The average Bonchev–Trinajstić information content (AvgIpc) is 2.73. The summed E-state index contributed by atoms with van der Waals surface area (Å²) in [6.07, 6.45) is 0.757. The Balaban J connectivity index is 2.18. The molecule has 0 N–H and O–H groups in total. The van der Waals surface area contributed by atoms with Crippen LogP contribution in [0.4, 0.5) is 0 Å². The van der Waals surface area contributed by atoms with Gasteiger partial charge in [-0.05, 0) is 25.0 Å². The van der Waals surface area contributed by atoms with Crippen LogP contribution in [0.1, 0.15) is 34.0 Å². The number of alkyl halides is 1. The number of carbonyl (C=O) groups excluding carboxylic acids is 1. The zero-order valence-electron chi connectivity index (χ0n) is 11.2. The lowest BCUT2D eigenvalue weighted by molar-refractivity contribution is 0.0177. The first-order chi connectivity index (χ1) is 9.66. The van der Waals surface area contributed by atoms with Crippen LogP contribution in [-0.4, -0.2) is 11.8 Å². The van der Waals surface area contributed by atoms with E-state index in [1.165, 1.54) is 0 Å². The fourth-order valence-corrected chi connectivity index (χ4v) is 3.08. The predicted molar refractivity (Wildman–Crippen MR) is 79.2 cm³/mol. The summed E-state index contributed by atoms with van der Waals surface area (Å²) < 4.78 is 5.71. The van der Waals surface area contributed by atoms with Gasteiger partial charge in [0, 0.05) is 17.0 Å². The summed E-state index contributed by atoms with van der Waals surface area (Å²) in [7, 11) is 0. The van der Waals surface area contributed by atoms with E-state index < -0.39 is 5.60 Å². The zero-order valence-corrected chi connectivity index (χ0v) is 12.0. The van der Waals surface area contributed by atoms with Gasteiger partial charge in [0.1, 0.15) is 0 Å². The summed E-state index contributed by atoms with van der Waals surface area (Å²) >= 11 is 5.88. The van der Waals surface area contributed by atoms with Crippen LogP contribution in [0.2, 0.25) is 0 Å². The smallest absolute Gasteiger partial charge is 0.339 e. The van der Waals surface area contributed by atoms with Crippen molar-refractivity contribution in [3.8, 4) is 0 Å². The van der Waals surface area contributed by atoms with E-state index in [2.05, 4.69) is 0 Å². The van der Waals surface area contributed by atoms with Gasteiger partial charge in [0.2, 0.25) is 0 Å². The molecule has 1 atom stereocenters. The van der Waals surface area contributed by atoms with E-state index >= 15 is 0 Å². The Labute approximate surface area is 123 Å². The zero-order chi connectivity index (χ0) is 14.2. The summed E-state index contributed by atoms with van der Waals surface area (Å²) in [5, 5.41) is 0. The monoisotopic (exact) mass is 286 g/mol. The van der Waals surface area contributed by atoms with E-state index in [-0.39, 0.29) is 5.97 Å². The van der Waals surface area contributed by atoms with Gasteiger partial charge in [-0.2, -0.15) is 0 Å². The molecule has 0 saturated heterocycles. The third-order valence-electron chi connectivity index (χ3n) is 3.85. The quantitative estimate of drug-likeness (QED) is 0.632. The summed E-state index contributed by atoms with van der Waals surface area (Å²) in [6, 6.07) is 15.6. The maximum atomic E-state index is 12.1. The van der Waals surface area contributed by atoms with E-state index in [0.717, 1.165) is 23.1 Å².